The minimum Gasteiger partial charge on any atom is -0.465 e. The maximum absolute atomic E-state index is 13.4. The molecule has 5 N–H and O–H groups in total. The van der Waals surface area contributed by atoms with Crippen LogP contribution in [0.15, 0.2) is 42.5 Å². The maximum Gasteiger partial charge on any atom is 0.404 e. The largest absolute Gasteiger partial charge is 0.465 e. The van der Waals surface area contributed by atoms with Crippen LogP contribution in [0.2, 0.25) is 0 Å². The second kappa shape index (κ2) is 10.3. The molecule has 164 valence electrons. The number of anilines is 1. The van der Waals surface area contributed by atoms with Crippen molar-refractivity contribution in [3.63, 3.8) is 0 Å². The van der Waals surface area contributed by atoms with Crippen molar-refractivity contribution in [1.29, 1.82) is 0 Å². The van der Waals surface area contributed by atoms with Gasteiger partial charge in [-0.05, 0) is 41.8 Å². The number of benzene rings is 2. The molecule has 0 unspecified atom stereocenters. The summed E-state index contributed by atoms with van der Waals surface area (Å²) >= 11 is 0. The number of rotatable bonds is 10. The number of halogens is 2. The summed E-state index contributed by atoms with van der Waals surface area (Å²) in [6, 6.07) is 8.44. The van der Waals surface area contributed by atoms with Gasteiger partial charge in [0.2, 0.25) is 10.0 Å². The van der Waals surface area contributed by atoms with Crippen molar-refractivity contribution in [2.24, 2.45) is 0 Å². The fourth-order valence-electron chi connectivity index (χ4n) is 2.89. The number of carbonyl (C=O) groups is 1. The van der Waals surface area contributed by atoms with E-state index in [0.717, 1.165) is 24.0 Å². The van der Waals surface area contributed by atoms with Gasteiger partial charge < -0.3 is 20.8 Å². The Balaban J connectivity index is 1.98. The highest BCUT2D eigenvalue weighted by Crippen LogP contribution is 2.13. The Labute approximate surface area is 173 Å². The summed E-state index contributed by atoms with van der Waals surface area (Å²) in [6.07, 6.45) is -1.65. The zero-order chi connectivity index (χ0) is 22.3. The Morgan fingerprint density at radius 3 is 2.37 bits per heavy atom. The van der Waals surface area contributed by atoms with E-state index in [1.54, 1.807) is 24.3 Å². The molecule has 2 aromatic rings. The van der Waals surface area contributed by atoms with Gasteiger partial charge in [0.25, 0.3) is 0 Å². The lowest BCUT2D eigenvalue weighted by Crippen LogP contribution is -2.48. The Kier molecular flexibility index (Phi) is 8.09. The molecule has 0 spiro atoms. The number of hydrogen-bond acceptors (Lipinski definition) is 5. The highest BCUT2D eigenvalue weighted by molar-refractivity contribution is 7.92. The molecule has 2 rings (SSSR count). The van der Waals surface area contributed by atoms with Crippen LogP contribution in [0, 0.1) is 11.6 Å². The Hall–Kier alpha value is -2.76. The fraction of sp³-hybridized carbons (Fsp3) is 0.316. The highest BCUT2D eigenvalue weighted by atomic mass is 32.2. The van der Waals surface area contributed by atoms with E-state index in [4.69, 9.17) is 5.11 Å². The van der Waals surface area contributed by atoms with E-state index < -0.39 is 39.9 Å². The van der Waals surface area contributed by atoms with Gasteiger partial charge in [0.1, 0.15) is 11.6 Å². The predicted octanol–water partition coefficient (Wildman–Crippen LogP) is 1.67. The normalized spacial score (nSPS) is 13.5. The molecule has 0 aliphatic carbocycles. The van der Waals surface area contributed by atoms with Crippen molar-refractivity contribution in [3.8, 4) is 0 Å². The van der Waals surface area contributed by atoms with Crippen LogP contribution >= 0.6 is 0 Å². The fourth-order valence-corrected chi connectivity index (χ4v) is 3.45. The predicted molar refractivity (Wildman–Crippen MR) is 108 cm³/mol. The highest BCUT2D eigenvalue weighted by Gasteiger charge is 2.22. The van der Waals surface area contributed by atoms with Crippen LogP contribution < -0.4 is 15.4 Å². The Morgan fingerprint density at radius 1 is 1.10 bits per heavy atom. The first-order valence-electron chi connectivity index (χ1n) is 8.92. The third-order valence-corrected chi connectivity index (χ3v) is 4.67. The van der Waals surface area contributed by atoms with Gasteiger partial charge in [0.05, 0.1) is 18.4 Å². The van der Waals surface area contributed by atoms with E-state index in [0.29, 0.717) is 11.8 Å². The zero-order valence-electron chi connectivity index (χ0n) is 16.1. The average molecular weight is 443 g/mol. The van der Waals surface area contributed by atoms with Crippen molar-refractivity contribution in [2.45, 2.75) is 25.1 Å². The first-order chi connectivity index (χ1) is 14.0. The first-order valence-corrected chi connectivity index (χ1v) is 10.8. The topological polar surface area (TPSA) is 128 Å². The molecule has 0 fully saturated rings. The van der Waals surface area contributed by atoms with Gasteiger partial charge in [-0.3, -0.25) is 4.72 Å². The number of amides is 1. The number of nitrogens with one attached hydrogen (secondary N) is 3. The van der Waals surface area contributed by atoms with Crippen LogP contribution in [0.25, 0.3) is 0 Å². The van der Waals surface area contributed by atoms with Gasteiger partial charge >= 0.3 is 6.09 Å². The van der Waals surface area contributed by atoms with Crippen molar-refractivity contribution >= 4 is 21.8 Å². The summed E-state index contributed by atoms with van der Waals surface area (Å²) < 4.78 is 51.7. The molecular weight excluding hydrogens is 420 g/mol. The zero-order valence-corrected chi connectivity index (χ0v) is 16.9. The van der Waals surface area contributed by atoms with Crippen LogP contribution in [0.4, 0.5) is 19.3 Å². The maximum atomic E-state index is 13.4. The molecule has 0 radical (unpaired) electrons. The van der Waals surface area contributed by atoms with Crippen LogP contribution in [-0.2, 0) is 23.0 Å². The van der Waals surface area contributed by atoms with Crippen LogP contribution in [0.1, 0.15) is 11.1 Å². The molecule has 0 heterocycles. The third-order valence-electron chi connectivity index (χ3n) is 4.06. The molecule has 0 aliphatic rings. The van der Waals surface area contributed by atoms with Crippen molar-refractivity contribution in [2.75, 3.05) is 17.5 Å². The molecule has 8 nitrogen and oxygen atoms in total. The molecule has 0 saturated heterocycles. The molecule has 11 heteroatoms. The molecule has 0 aliphatic heterocycles. The van der Waals surface area contributed by atoms with E-state index in [1.807, 2.05) is 0 Å². The Bertz CT molecular complexity index is 968. The van der Waals surface area contributed by atoms with Gasteiger partial charge in [0, 0.05) is 24.8 Å². The van der Waals surface area contributed by atoms with Crippen molar-refractivity contribution in [3.05, 3.63) is 65.2 Å². The SMILES string of the molecule is CS(=O)(=O)Nc1cccc(CNC[C@@H](O)[C@H](Cc2cc(F)cc(F)c2)NC(=O)O)c1. The second-order valence-corrected chi connectivity index (χ2v) is 8.56. The number of aliphatic hydroxyl groups excluding tert-OH is 1. The quantitative estimate of drug-likeness (QED) is 0.380. The Morgan fingerprint density at radius 2 is 1.77 bits per heavy atom. The van der Waals surface area contributed by atoms with E-state index in [-0.39, 0.29) is 25.1 Å². The van der Waals surface area contributed by atoms with Gasteiger partial charge in [0.15, 0.2) is 0 Å². The van der Waals surface area contributed by atoms with Gasteiger partial charge in [-0.25, -0.2) is 22.0 Å². The molecule has 2 aromatic carbocycles. The van der Waals surface area contributed by atoms with Crippen molar-refractivity contribution in [1.82, 2.24) is 10.6 Å². The smallest absolute Gasteiger partial charge is 0.404 e. The molecule has 0 aromatic heterocycles. The lowest BCUT2D eigenvalue weighted by atomic mass is 10.0. The number of sulfonamides is 1. The number of aliphatic hydroxyl groups is 1. The molecule has 30 heavy (non-hydrogen) atoms. The van der Waals surface area contributed by atoms with E-state index >= 15 is 0 Å². The summed E-state index contributed by atoms with van der Waals surface area (Å²) in [4.78, 5) is 11.0. The molecule has 0 bridgehead atoms. The standard InChI is InChI=1S/C19H23F2N3O5S/c1-30(28,29)24-16-4-2-3-12(7-16)10-22-11-18(25)17(23-19(26)27)8-13-5-14(20)9-15(21)6-13/h2-7,9,17-18,22-25H,8,10-11H2,1H3,(H,26,27)/t17-,18+/m0/s1. The van der Waals surface area contributed by atoms with Gasteiger partial charge in [-0.2, -0.15) is 0 Å². The monoisotopic (exact) mass is 443 g/mol. The summed E-state index contributed by atoms with van der Waals surface area (Å²) in [5.74, 6) is -1.59. The van der Waals surface area contributed by atoms with Gasteiger partial charge in [-0.1, -0.05) is 12.1 Å². The van der Waals surface area contributed by atoms with E-state index in [1.165, 1.54) is 0 Å². The van der Waals surface area contributed by atoms with Crippen LogP contribution in [0.5, 0.6) is 0 Å². The number of carboxylic acid groups (broad SMARTS) is 1. The van der Waals surface area contributed by atoms with E-state index in [2.05, 4.69) is 15.4 Å². The minimum atomic E-state index is -3.41. The molecule has 1 amide bonds. The minimum absolute atomic E-state index is 0.0214. The molecular formula is C19H23F2N3O5S. The first kappa shape index (κ1) is 23.5. The lowest BCUT2D eigenvalue weighted by Gasteiger charge is -2.23. The second-order valence-electron chi connectivity index (χ2n) is 6.81. The van der Waals surface area contributed by atoms with Gasteiger partial charge in [-0.15, -0.1) is 0 Å². The summed E-state index contributed by atoms with van der Waals surface area (Å²) in [6.45, 7) is 0.247. The van der Waals surface area contributed by atoms with Crippen LogP contribution in [-0.4, -0.2) is 49.7 Å². The summed E-state index contributed by atoms with van der Waals surface area (Å²) in [5, 5.41) is 24.5. The van der Waals surface area contributed by atoms with E-state index in [9.17, 15) is 27.1 Å². The third kappa shape index (κ3) is 8.31. The van der Waals surface area contributed by atoms with Crippen LogP contribution in [0.3, 0.4) is 0 Å². The number of hydrogen-bond donors (Lipinski definition) is 5. The molecule has 0 saturated carbocycles. The summed E-state index contributed by atoms with van der Waals surface area (Å²) in [5.41, 5.74) is 1.31. The lowest BCUT2D eigenvalue weighted by molar-refractivity contribution is 0.117. The molecule has 2 atom stereocenters. The van der Waals surface area contributed by atoms with Crippen molar-refractivity contribution < 1.29 is 32.2 Å². The average Bonchev–Trinajstić information content (AvgIpc) is 2.58. The summed E-state index contributed by atoms with van der Waals surface area (Å²) in [7, 11) is -3.41.